The van der Waals surface area contributed by atoms with Crippen molar-refractivity contribution in [1.29, 1.82) is 0 Å². The average Bonchev–Trinajstić information content (AvgIpc) is 2.54. The van der Waals surface area contributed by atoms with Gasteiger partial charge >= 0.3 is 0 Å². The first-order valence-electron chi connectivity index (χ1n) is 6.85. The molecule has 0 radical (unpaired) electrons. The second-order valence-electron chi connectivity index (χ2n) is 4.79. The van der Waals surface area contributed by atoms with Crippen LogP contribution in [0.1, 0.15) is 27.6 Å². The topological polar surface area (TPSA) is 84.5 Å². The zero-order chi connectivity index (χ0) is 16.8. The minimum atomic E-state index is -0.376. The third-order valence-corrected chi connectivity index (χ3v) is 3.05. The summed E-state index contributed by atoms with van der Waals surface area (Å²) in [5, 5.41) is 5.31. The third kappa shape index (κ3) is 4.16. The van der Waals surface area contributed by atoms with E-state index in [0.29, 0.717) is 34.5 Å². The lowest BCUT2D eigenvalue weighted by Gasteiger charge is -2.11. The van der Waals surface area contributed by atoms with Crippen LogP contribution in [0, 0.1) is 0 Å². The van der Waals surface area contributed by atoms with E-state index in [1.807, 2.05) is 0 Å². The van der Waals surface area contributed by atoms with Crippen LogP contribution in [0.4, 0.5) is 11.4 Å². The molecule has 23 heavy (non-hydrogen) atoms. The molecule has 0 bridgehead atoms. The second kappa shape index (κ2) is 7.22. The fourth-order valence-corrected chi connectivity index (χ4v) is 2.03. The Labute approximate surface area is 133 Å². The van der Waals surface area contributed by atoms with E-state index in [9.17, 15) is 14.4 Å². The van der Waals surface area contributed by atoms with Gasteiger partial charge in [0.25, 0.3) is 5.91 Å². The maximum atomic E-state index is 12.4. The molecular weight excluding hydrogens is 296 g/mol. The van der Waals surface area contributed by atoms with Crippen LogP contribution in [0.3, 0.4) is 0 Å². The summed E-state index contributed by atoms with van der Waals surface area (Å²) in [4.78, 5) is 34.3. The molecule has 118 valence electrons. The molecule has 2 rings (SSSR count). The lowest BCUT2D eigenvalue weighted by Crippen LogP contribution is -2.14. The Hall–Kier alpha value is -3.15. The first kappa shape index (κ1) is 16.2. The minimum Gasteiger partial charge on any atom is -0.495 e. The van der Waals surface area contributed by atoms with E-state index in [-0.39, 0.29) is 11.8 Å². The number of nitrogens with one attached hydrogen (secondary N) is 2. The van der Waals surface area contributed by atoms with Crippen molar-refractivity contribution in [1.82, 2.24) is 0 Å². The number of aldehydes is 1. The fourth-order valence-electron chi connectivity index (χ4n) is 2.03. The fraction of sp³-hybridized carbons (Fsp3) is 0.118. The van der Waals surface area contributed by atoms with Gasteiger partial charge in [-0.2, -0.15) is 0 Å². The molecule has 0 unspecified atom stereocenters. The monoisotopic (exact) mass is 312 g/mol. The van der Waals surface area contributed by atoms with Crippen molar-refractivity contribution in [3.63, 3.8) is 0 Å². The first-order chi connectivity index (χ1) is 11.0. The highest BCUT2D eigenvalue weighted by Crippen LogP contribution is 2.25. The molecule has 0 heterocycles. The largest absolute Gasteiger partial charge is 0.495 e. The molecule has 0 aliphatic carbocycles. The summed E-state index contributed by atoms with van der Waals surface area (Å²) in [7, 11) is 1.48. The Balaban J connectivity index is 2.25. The predicted molar refractivity (Wildman–Crippen MR) is 87.1 cm³/mol. The Morgan fingerprint density at radius 2 is 1.87 bits per heavy atom. The van der Waals surface area contributed by atoms with E-state index in [1.165, 1.54) is 20.1 Å². The highest BCUT2D eigenvalue weighted by Gasteiger charge is 2.11. The molecule has 6 nitrogen and oxygen atoms in total. The normalized spacial score (nSPS) is 9.83. The number of carbonyl (C=O) groups is 3. The molecule has 0 aliphatic heterocycles. The van der Waals surface area contributed by atoms with Crippen molar-refractivity contribution in [3.05, 3.63) is 53.6 Å². The average molecular weight is 312 g/mol. The number of amides is 2. The summed E-state index contributed by atoms with van der Waals surface area (Å²) in [6.45, 7) is 1.39. The molecule has 0 aliphatic rings. The summed E-state index contributed by atoms with van der Waals surface area (Å²) >= 11 is 0. The van der Waals surface area contributed by atoms with E-state index in [0.717, 1.165) is 0 Å². The maximum Gasteiger partial charge on any atom is 0.255 e. The van der Waals surface area contributed by atoms with Crippen LogP contribution in [0.5, 0.6) is 5.75 Å². The van der Waals surface area contributed by atoms with Crippen LogP contribution in [0.2, 0.25) is 0 Å². The zero-order valence-electron chi connectivity index (χ0n) is 12.8. The van der Waals surface area contributed by atoms with Gasteiger partial charge in [0.2, 0.25) is 5.91 Å². The van der Waals surface area contributed by atoms with Crippen molar-refractivity contribution in [2.24, 2.45) is 0 Å². The van der Waals surface area contributed by atoms with E-state index in [1.54, 1.807) is 36.4 Å². The zero-order valence-corrected chi connectivity index (χ0v) is 12.8. The molecule has 6 heteroatoms. The first-order valence-corrected chi connectivity index (χ1v) is 6.85. The van der Waals surface area contributed by atoms with E-state index in [2.05, 4.69) is 10.6 Å². The van der Waals surface area contributed by atoms with Crippen LogP contribution < -0.4 is 15.4 Å². The number of rotatable bonds is 5. The number of ether oxygens (including phenoxy) is 1. The van der Waals surface area contributed by atoms with E-state index in [4.69, 9.17) is 4.74 Å². The molecule has 0 fully saturated rings. The molecule has 0 aromatic heterocycles. The summed E-state index contributed by atoms with van der Waals surface area (Å²) in [5.74, 6) is -0.150. The number of methoxy groups -OCH3 is 1. The Kier molecular flexibility index (Phi) is 5.09. The van der Waals surface area contributed by atoms with Gasteiger partial charge in [-0.1, -0.05) is 6.07 Å². The van der Waals surface area contributed by atoms with Crippen LogP contribution in [-0.4, -0.2) is 25.2 Å². The SMILES string of the molecule is COc1ccc(C=O)cc1NC(=O)c1cccc(NC(C)=O)c1. The van der Waals surface area contributed by atoms with Crippen molar-refractivity contribution >= 4 is 29.5 Å². The Morgan fingerprint density at radius 3 is 2.52 bits per heavy atom. The lowest BCUT2D eigenvalue weighted by molar-refractivity contribution is -0.114. The number of hydrogen-bond acceptors (Lipinski definition) is 4. The second-order valence-corrected chi connectivity index (χ2v) is 4.79. The summed E-state index contributed by atoms with van der Waals surface area (Å²) in [5.41, 5.74) is 1.72. The maximum absolute atomic E-state index is 12.4. The summed E-state index contributed by atoms with van der Waals surface area (Å²) < 4.78 is 5.17. The molecule has 0 saturated carbocycles. The number of hydrogen-bond donors (Lipinski definition) is 2. The minimum absolute atomic E-state index is 0.220. The van der Waals surface area contributed by atoms with Crippen molar-refractivity contribution < 1.29 is 19.1 Å². The quantitative estimate of drug-likeness (QED) is 0.831. The van der Waals surface area contributed by atoms with Gasteiger partial charge in [0.15, 0.2) is 0 Å². The van der Waals surface area contributed by atoms with Crippen LogP contribution in [0.15, 0.2) is 42.5 Å². The smallest absolute Gasteiger partial charge is 0.255 e. The molecule has 0 saturated heterocycles. The lowest BCUT2D eigenvalue weighted by atomic mass is 10.1. The number of carbonyl (C=O) groups excluding carboxylic acids is 3. The highest BCUT2D eigenvalue weighted by atomic mass is 16.5. The van der Waals surface area contributed by atoms with Crippen LogP contribution >= 0.6 is 0 Å². The van der Waals surface area contributed by atoms with E-state index >= 15 is 0 Å². The molecule has 2 N–H and O–H groups in total. The van der Waals surface area contributed by atoms with Gasteiger partial charge < -0.3 is 15.4 Å². The highest BCUT2D eigenvalue weighted by molar-refractivity contribution is 6.06. The Bertz CT molecular complexity index is 756. The molecular formula is C17H16N2O4. The predicted octanol–water partition coefficient (Wildman–Crippen LogP) is 2.72. The van der Waals surface area contributed by atoms with Crippen LogP contribution in [0.25, 0.3) is 0 Å². The van der Waals surface area contributed by atoms with Gasteiger partial charge in [-0.15, -0.1) is 0 Å². The molecule has 0 atom stereocenters. The number of anilines is 2. The Morgan fingerprint density at radius 1 is 1.09 bits per heavy atom. The molecule has 2 aromatic rings. The summed E-state index contributed by atoms with van der Waals surface area (Å²) in [6.07, 6.45) is 0.687. The van der Waals surface area contributed by atoms with Crippen LogP contribution in [-0.2, 0) is 4.79 Å². The standard InChI is InChI=1S/C17H16N2O4/c1-11(21)18-14-5-3-4-13(9-14)17(22)19-15-8-12(10-20)6-7-16(15)23-2/h3-10H,1-2H3,(H,18,21)(H,19,22). The van der Waals surface area contributed by atoms with Gasteiger partial charge in [-0.25, -0.2) is 0 Å². The van der Waals surface area contributed by atoms with Crippen molar-refractivity contribution in [2.45, 2.75) is 6.92 Å². The van der Waals surface area contributed by atoms with Crippen molar-refractivity contribution in [3.8, 4) is 5.75 Å². The number of benzene rings is 2. The van der Waals surface area contributed by atoms with Crippen molar-refractivity contribution in [2.75, 3.05) is 17.7 Å². The van der Waals surface area contributed by atoms with Gasteiger partial charge in [0.05, 0.1) is 12.8 Å². The molecule has 0 spiro atoms. The summed E-state index contributed by atoms with van der Waals surface area (Å²) in [6, 6.07) is 11.3. The van der Waals surface area contributed by atoms with Gasteiger partial charge in [0.1, 0.15) is 12.0 Å². The van der Waals surface area contributed by atoms with Gasteiger partial charge in [0, 0.05) is 23.7 Å². The van der Waals surface area contributed by atoms with E-state index < -0.39 is 0 Å². The molecule has 2 aromatic carbocycles. The molecule has 2 amide bonds. The third-order valence-electron chi connectivity index (χ3n) is 3.05. The van der Waals surface area contributed by atoms with Gasteiger partial charge in [-0.05, 0) is 36.4 Å². The van der Waals surface area contributed by atoms with Gasteiger partial charge in [-0.3, -0.25) is 14.4 Å².